The number of aryl methyl sites for hydroxylation is 1. The van der Waals surface area contributed by atoms with E-state index < -0.39 is 15.8 Å². The second kappa shape index (κ2) is 10.2. The molecule has 1 amide bonds. The lowest BCUT2D eigenvalue weighted by molar-refractivity contribution is 0.0955. The average Bonchev–Trinajstić information content (AvgIpc) is 2.61. The van der Waals surface area contributed by atoms with E-state index >= 15 is 0 Å². The van der Waals surface area contributed by atoms with Gasteiger partial charge in [0.15, 0.2) is 0 Å². The van der Waals surface area contributed by atoms with Crippen LogP contribution in [0, 0.1) is 12.7 Å². The van der Waals surface area contributed by atoms with Gasteiger partial charge in [0.2, 0.25) is 0 Å². The van der Waals surface area contributed by atoms with Crippen molar-refractivity contribution in [2.75, 3.05) is 24.4 Å². The van der Waals surface area contributed by atoms with Crippen LogP contribution in [0.1, 0.15) is 22.8 Å². The molecule has 0 spiro atoms. The summed E-state index contributed by atoms with van der Waals surface area (Å²) in [5.41, 5.74) is 0.601. The summed E-state index contributed by atoms with van der Waals surface area (Å²) in [7, 11) is -3.95. The van der Waals surface area contributed by atoms with Crippen molar-refractivity contribution in [2.24, 2.45) is 0 Å². The number of carbonyl (C=O) groups excluding carboxylic acids is 1. The van der Waals surface area contributed by atoms with Gasteiger partial charge in [-0.3, -0.25) is 9.52 Å². The van der Waals surface area contributed by atoms with E-state index in [1.54, 1.807) is 12.1 Å². The van der Waals surface area contributed by atoms with E-state index in [0.29, 0.717) is 13.1 Å². The number of hydrogen-bond acceptors (Lipinski definition) is 4. The van der Waals surface area contributed by atoms with E-state index in [0.717, 1.165) is 12.6 Å². The predicted octanol–water partition coefficient (Wildman–Crippen LogP) is 2.70. The number of hydrogen-bond donors (Lipinski definition) is 3. The second-order valence-corrected chi connectivity index (χ2v) is 7.35. The van der Waals surface area contributed by atoms with Crippen LogP contribution in [0.2, 0.25) is 0 Å². The Labute approximate surface area is 165 Å². The molecular formula is C18H23ClFN3O3S. The highest BCUT2D eigenvalue weighted by atomic mass is 35.5. The molecule has 0 saturated carbocycles. The minimum absolute atomic E-state index is 0. The van der Waals surface area contributed by atoms with E-state index in [4.69, 9.17) is 0 Å². The van der Waals surface area contributed by atoms with Gasteiger partial charge in [-0.2, -0.15) is 0 Å². The molecular weight excluding hydrogens is 393 g/mol. The van der Waals surface area contributed by atoms with E-state index in [-0.39, 0.29) is 40.0 Å². The Bertz CT molecular complexity index is 891. The summed E-state index contributed by atoms with van der Waals surface area (Å²) in [5.74, 6) is -0.860. The van der Waals surface area contributed by atoms with Crippen molar-refractivity contribution in [3.05, 3.63) is 59.4 Å². The second-order valence-electron chi connectivity index (χ2n) is 5.67. The summed E-state index contributed by atoms with van der Waals surface area (Å²) >= 11 is 0. The van der Waals surface area contributed by atoms with Crippen LogP contribution < -0.4 is 15.4 Å². The minimum atomic E-state index is -3.95. The van der Waals surface area contributed by atoms with Crippen molar-refractivity contribution in [1.29, 1.82) is 0 Å². The molecule has 0 bridgehead atoms. The molecule has 9 heteroatoms. The van der Waals surface area contributed by atoms with Crippen molar-refractivity contribution in [3.63, 3.8) is 0 Å². The Morgan fingerprint density at radius 1 is 1.11 bits per heavy atom. The summed E-state index contributed by atoms with van der Waals surface area (Å²) in [6.45, 7) is 5.28. The molecule has 0 heterocycles. The number of anilines is 1. The number of carbonyl (C=O) groups is 1. The molecule has 0 radical (unpaired) electrons. The van der Waals surface area contributed by atoms with Gasteiger partial charge in [0.25, 0.3) is 15.9 Å². The van der Waals surface area contributed by atoms with Crippen LogP contribution in [-0.4, -0.2) is 34.0 Å². The van der Waals surface area contributed by atoms with E-state index in [1.807, 2.05) is 6.92 Å². The van der Waals surface area contributed by atoms with Crippen LogP contribution in [0.15, 0.2) is 47.4 Å². The molecule has 0 saturated heterocycles. The van der Waals surface area contributed by atoms with Crippen LogP contribution in [0.25, 0.3) is 0 Å². The molecule has 2 aromatic rings. The quantitative estimate of drug-likeness (QED) is 0.578. The number of likely N-dealkylation sites (N-methyl/N-ethyl adjacent to an activating group) is 1. The third-order valence-electron chi connectivity index (χ3n) is 3.69. The lowest BCUT2D eigenvalue weighted by atomic mass is 10.1. The highest BCUT2D eigenvalue weighted by Crippen LogP contribution is 2.21. The molecule has 0 aliphatic heterocycles. The predicted molar refractivity (Wildman–Crippen MR) is 107 cm³/mol. The minimum Gasteiger partial charge on any atom is -0.351 e. The van der Waals surface area contributed by atoms with Gasteiger partial charge in [-0.1, -0.05) is 19.1 Å². The first-order chi connectivity index (χ1) is 12.3. The molecule has 0 unspecified atom stereocenters. The van der Waals surface area contributed by atoms with E-state index in [9.17, 15) is 17.6 Å². The number of benzene rings is 2. The fraction of sp³-hybridized carbons (Fsp3) is 0.278. The molecule has 2 rings (SSSR count). The molecule has 0 atom stereocenters. The first kappa shape index (κ1) is 22.9. The summed E-state index contributed by atoms with van der Waals surface area (Å²) in [6, 6.07) is 9.86. The maximum absolute atomic E-state index is 13.4. The maximum atomic E-state index is 13.4. The largest absolute Gasteiger partial charge is 0.351 e. The molecule has 0 aliphatic rings. The lowest BCUT2D eigenvalue weighted by Gasteiger charge is -2.13. The molecule has 0 fully saturated rings. The Kier molecular flexibility index (Phi) is 8.68. The van der Waals surface area contributed by atoms with Crippen molar-refractivity contribution in [2.45, 2.75) is 18.7 Å². The van der Waals surface area contributed by atoms with Crippen LogP contribution in [0.5, 0.6) is 0 Å². The lowest BCUT2D eigenvalue weighted by Crippen LogP contribution is -2.32. The van der Waals surface area contributed by atoms with Gasteiger partial charge in [0.1, 0.15) is 5.82 Å². The molecule has 2 aromatic carbocycles. The van der Waals surface area contributed by atoms with Crippen molar-refractivity contribution in [1.82, 2.24) is 10.6 Å². The van der Waals surface area contributed by atoms with Crippen LogP contribution in [0.3, 0.4) is 0 Å². The van der Waals surface area contributed by atoms with Gasteiger partial charge in [-0.15, -0.1) is 12.4 Å². The Morgan fingerprint density at radius 2 is 1.81 bits per heavy atom. The number of rotatable bonds is 8. The van der Waals surface area contributed by atoms with Gasteiger partial charge in [0, 0.05) is 13.1 Å². The zero-order valence-electron chi connectivity index (χ0n) is 15.1. The van der Waals surface area contributed by atoms with Crippen molar-refractivity contribution >= 4 is 34.0 Å². The molecule has 27 heavy (non-hydrogen) atoms. The number of para-hydroxylation sites is 1. The average molecular weight is 416 g/mol. The van der Waals surface area contributed by atoms with Crippen LogP contribution >= 0.6 is 12.4 Å². The van der Waals surface area contributed by atoms with Crippen LogP contribution in [-0.2, 0) is 10.0 Å². The fourth-order valence-electron chi connectivity index (χ4n) is 2.29. The monoisotopic (exact) mass is 415 g/mol. The highest BCUT2D eigenvalue weighted by Gasteiger charge is 2.19. The zero-order valence-corrected chi connectivity index (χ0v) is 16.7. The van der Waals surface area contributed by atoms with Gasteiger partial charge in [0.05, 0.1) is 16.1 Å². The number of amides is 1. The normalized spacial score (nSPS) is 10.8. The number of halogens is 2. The summed E-state index contributed by atoms with van der Waals surface area (Å²) in [4.78, 5) is 12.3. The first-order valence-electron chi connectivity index (χ1n) is 8.22. The maximum Gasteiger partial charge on any atom is 0.261 e. The van der Waals surface area contributed by atoms with Gasteiger partial charge in [-0.05, 0) is 49.4 Å². The molecule has 148 valence electrons. The standard InChI is InChI=1S/C18H22FN3O3S.ClH/c1-3-20-10-11-21-18(23)15-6-4-5-7-17(15)22-26(24,25)14-8-9-16(19)13(2)12-14;/h4-9,12,20,22H,3,10-11H2,1-2H3,(H,21,23);1H. The van der Waals surface area contributed by atoms with Gasteiger partial charge in [-0.25, -0.2) is 12.8 Å². The van der Waals surface area contributed by atoms with Crippen LogP contribution in [0.4, 0.5) is 10.1 Å². The smallest absolute Gasteiger partial charge is 0.261 e. The first-order valence-corrected chi connectivity index (χ1v) is 9.70. The summed E-state index contributed by atoms with van der Waals surface area (Å²) in [5, 5.41) is 5.81. The molecule has 3 N–H and O–H groups in total. The highest BCUT2D eigenvalue weighted by molar-refractivity contribution is 7.92. The van der Waals surface area contributed by atoms with Gasteiger partial charge >= 0.3 is 0 Å². The van der Waals surface area contributed by atoms with Crippen molar-refractivity contribution in [3.8, 4) is 0 Å². The Morgan fingerprint density at radius 3 is 2.48 bits per heavy atom. The zero-order chi connectivity index (χ0) is 19.2. The topological polar surface area (TPSA) is 87.3 Å². The Balaban J connectivity index is 0.00000364. The van der Waals surface area contributed by atoms with E-state index in [1.165, 1.54) is 31.2 Å². The van der Waals surface area contributed by atoms with Gasteiger partial charge < -0.3 is 10.6 Å². The third kappa shape index (κ3) is 6.20. The SMILES string of the molecule is CCNCCNC(=O)c1ccccc1NS(=O)(=O)c1ccc(F)c(C)c1.Cl. The van der Waals surface area contributed by atoms with Crippen molar-refractivity contribution < 1.29 is 17.6 Å². The molecule has 6 nitrogen and oxygen atoms in total. The Hall–Kier alpha value is -2.16. The number of sulfonamides is 1. The summed E-state index contributed by atoms with van der Waals surface area (Å²) < 4.78 is 40.9. The van der Waals surface area contributed by atoms with E-state index in [2.05, 4.69) is 15.4 Å². The fourth-order valence-corrected chi connectivity index (χ4v) is 3.46. The third-order valence-corrected chi connectivity index (χ3v) is 5.06. The molecule has 0 aromatic heterocycles. The molecule has 0 aliphatic carbocycles. The summed E-state index contributed by atoms with van der Waals surface area (Å²) in [6.07, 6.45) is 0. The number of nitrogens with one attached hydrogen (secondary N) is 3.